The molecule has 0 spiro atoms. The van der Waals surface area contributed by atoms with Gasteiger partial charge in [-0.2, -0.15) is 9.97 Å². The number of rotatable bonds is 6. The summed E-state index contributed by atoms with van der Waals surface area (Å²) in [5.41, 5.74) is 0. The van der Waals surface area contributed by atoms with E-state index in [4.69, 9.17) is 13.5 Å². The van der Waals surface area contributed by atoms with E-state index in [1.54, 1.807) is 0 Å². The van der Waals surface area contributed by atoms with Gasteiger partial charge in [-0.25, -0.2) is 0 Å². The van der Waals surface area contributed by atoms with Crippen LogP contribution in [-0.4, -0.2) is 30.5 Å². The molecular weight excluding hydrogens is 444 g/mol. The lowest BCUT2D eigenvalue weighted by Gasteiger charge is -1.96. The highest BCUT2D eigenvalue weighted by Gasteiger charge is 2.13. The molecule has 3 aromatic heterocycles. The second-order valence-electron chi connectivity index (χ2n) is 9.89. The summed E-state index contributed by atoms with van der Waals surface area (Å²) in [6.07, 6.45) is 0. The normalized spacial score (nSPS) is 10.8. The van der Waals surface area contributed by atoms with Gasteiger partial charge in [-0.05, 0) is 0 Å². The molecule has 9 heteroatoms. The molecule has 35 heavy (non-hydrogen) atoms. The molecule has 202 valence electrons. The Kier molecular flexibility index (Phi) is 16.0. The highest BCUT2D eigenvalue weighted by atomic mass is 16.5. The van der Waals surface area contributed by atoms with Gasteiger partial charge < -0.3 is 13.5 Å². The lowest BCUT2D eigenvalue weighted by atomic mass is 10.2. The zero-order valence-electron chi connectivity index (χ0n) is 22.4. The van der Waals surface area contributed by atoms with Crippen LogP contribution in [0, 0.1) is 0 Å². The van der Waals surface area contributed by atoms with Crippen LogP contribution < -0.4 is 0 Å². The first-order valence-electron chi connectivity index (χ1n) is 11.8. The van der Waals surface area contributed by atoms with E-state index in [1.807, 2.05) is 55.4 Å². The molecule has 0 unspecified atom stereocenters. The smallest absolute Gasteiger partial charge is 0.229 e. The summed E-state index contributed by atoms with van der Waals surface area (Å²) in [4.78, 5) is 8.46. The number of hydrogen-bond acceptors (Lipinski definition) is 9. The molecule has 0 aromatic carbocycles. The molecule has 0 amide bonds. The van der Waals surface area contributed by atoms with Gasteiger partial charge in [0.05, 0.1) is 0 Å². The highest BCUT2D eigenvalue weighted by molar-refractivity contribution is 4.95. The van der Waals surface area contributed by atoms with Crippen molar-refractivity contribution in [3.63, 3.8) is 0 Å². The van der Waals surface area contributed by atoms with Crippen molar-refractivity contribution in [3.05, 3.63) is 35.2 Å². The summed E-state index contributed by atoms with van der Waals surface area (Å²) in [6, 6.07) is 0. The van der Waals surface area contributed by atoms with Gasteiger partial charge in [-0.15, -0.1) is 10.2 Å². The lowest BCUT2D eigenvalue weighted by Crippen LogP contribution is -1.91. The van der Waals surface area contributed by atoms with Gasteiger partial charge in [0.25, 0.3) is 0 Å². The number of hydrogen-bond donors (Lipinski definition) is 0. The van der Waals surface area contributed by atoms with E-state index in [2.05, 4.69) is 58.2 Å². The Morgan fingerprint density at radius 3 is 0.857 bits per heavy atom. The predicted molar refractivity (Wildman–Crippen MR) is 141 cm³/mol. The molecule has 0 radical (unpaired) electrons. The highest BCUT2D eigenvalue weighted by Crippen LogP contribution is 2.18. The van der Waals surface area contributed by atoms with E-state index in [1.165, 1.54) is 0 Å². The van der Waals surface area contributed by atoms with E-state index < -0.39 is 0 Å². The summed E-state index contributed by atoms with van der Waals surface area (Å²) in [6.45, 7) is 24.5. The third kappa shape index (κ3) is 11.6. The number of aromatic nitrogens is 6. The Morgan fingerprint density at radius 1 is 0.429 bits per heavy atom. The van der Waals surface area contributed by atoms with Crippen molar-refractivity contribution in [1.29, 1.82) is 0 Å². The molecule has 0 aliphatic heterocycles. The quantitative estimate of drug-likeness (QED) is 0.334. The largest absolute Gasteiger partial charge is 0.425 e. The Bertz CT molecular complexity index is 736. The van der Waals surface area contributed by atoms with Crippen LogP contribution >= 0.6 is 0 Å². The van der Waals surface area contributed by atoms with Gasteiger partial charge in [0.1, 0.15) is 0 Å². The topological polar surface area (TPSA) is 117 Å². The van der Waals surface area contributed by atoms with E-state index in [-0.39, 0.29) is 14.9 Å². The maximum absolute atomic E-state index is 5.38. The first-order valence-corrected chi connectivity index (χ1v) is 11.8. The Balaban J connectivity index is 0. The van der Waals surface area contributed by atoms with Crippen LogP contribution in [0.4, 0.5) is 0 Å². The van der Waals surface area contributed by atoms with E-state index in [0.717, 1.165) is 35.2 Å². The first-order chi connectivity index (χ1) is 15.3. The fourth-order valence-corrected chi connectivity index (χ4v) is 2.15. The average molecular weight is 495 g/mol. The molecule has 0 fully saturated rings. The van der Waals surface area contributed by atoms with Crippen molar-refractivity contribution in [2.75, 3.05) is 0 Å². The molecule has 0 bridgehead atoms. The van der Waals surface area contributed by atoms with E-state index in [0.29, 0.717) is 35.5 Å². The fourth-order valence-electron chi connectivity index (χ4n) is 2.15. The zero-order valence-corrected chi connectivity index (χ0v) is 22.4. The molecule has 0 atom stereocenters. The molecule has 3 rings (SSSR count). The molecule has 0 aliphatic carbocycles. The van der Waals surface area contributed by atoms with Crippen LogP contribution in [0.25, 0.3) is 0 Å². The summed E-state index contributed by atoms with van der Waals surface area (Å²) in [5.74, 6) is 6.54. The van der Waals surface area contributed by atoms with Gasteiger partial charge in [-0.3, -0.25) is 0 Å². The average Bonchev–Trinajstić information content (AvgIpc) is 3.49. The van der Waals surface area contributed by atoms with Crippen LogP contribution in [0.5, 0.6) is 0 Å². The first kappa shape index (κ1) is 34.6. The third-order valence-corrected chi connectivity index (χ3v) is 4.38. The SMILES string of the molecule is C.C.CC(C)c1nnc(C(C)C)o1.CC(C)c1noc(C(C)C)n1.CC(C)c1noc(C(C)C)n1. The van der Waals surface area contributed by atoms with Crippen molar-refractivity contribution in [2.45, 2.75) is 133 Å². The summed E-state index contributed by atoms with van der Waals surface area (Å²) < 4.78 is 15.4. The van der Waals surface area contributed by atoms with Crippen molar-refractivity contribution < 1.29 is 13.5 Å². The van der Waals surface area contributed by atoms with Gasteiger partial charge in [0.15, 0.2) is 11.6 Å². The maximum atomic E-state index is 5.38. The zero-order chi connectivity index (χ0) is 25.3. The van der Waals surface area contributed by atoms with Gasteiger partial charge in [-0.1, -0.05) is 108 Å². The van der Waals surface area contributed by atoms with Crippen LogP contribution in [0.15, 0.2) is 13.5 Å². The second-order valence-corrected chi connectivity index (χ2v) is 9.89. The van der Waals surface area contributed by atoms with Gasteiger partial charge in [0.2, 0.25) is 23.6 Å². The van der Waals surface area contributed by atoms with Crippen molar-refractivity contribution >= 4 is 0 Å². The van der Waals surface area contributed by atoms with E-state index >= 15 is 0 Å². The summed E-state index contributed by atoms with van der Waals surface area (Å²) in [5, 5.41) is 15.5. The second kappa shape index (κ2) is 16.2. The molecule has 9 nitrogen and oxygen atoms in total. The van der Waals surface area contributed by atoms with Crippen LogP contribution in [0.2, 0.25) is 0 Å². The predicted octanol–water partition coefficient (Wildman–Crippen LogP) is 8.22. The molecule has 3 aromatic rings. The Morgan fingerprint density at radius 2 is 0.714 bits per heavy atom. The van der Waals surface area contributed by atoms with E-state index in [9.17, 15) is 0 Å². The summed E-state index contributed by atoms with van der Waals surface area (Å²) >= 11 is 0. The Hall–Kier alpha value is -2.58. The molecule has 0 saturated carbocycles. The van der Waals surface area contributed by atoms with Gasteiger partial charge >= 0.3 is 0 Å². The van der Waals surface area contributed by atoms with Crippen molar-refractivity contribution in [2.24, 2.45) is 0 Å². The minimum absolute atomic E-state index is 0. The van der Waals surface area contributed by atoms with Gasteiger partial charge in [0, 0.05) is 35.5 Å². The standard InChI is InChI=1S/3C8H14N2O.2CH4/c1-5(2)7-9-10-8(11-7)6(3)4;2*1-5(2)7-9-8(6(3)4)11-10-7;;/h3*5-6H,1-4H3;2*1H4. The third-order valence-electron chi connectivity index (χ3n) is 4.38. The molecule has 0 N–H and O–H groups in total. The van der Waals surface area contributed by atoms with Crippen LogP contribution in [-0.2, 0) is 0 Å². The van der Waals surface area contributed by atoms with Crippen LogP contribution in [0.3, 0.4) is 0 Å². The molecule has 0 aliphatic rings. The number of nitrogens with zero attached hydrogens (tertiary/aromatic N) is 6. The minimum atomic E-state index is 0. The Labute approximate surface area is 212 Å². The molecular formula is C26H50N6O3. The minimum Gasteiger partial charge on any atom is -0.425 e. The summed E-state index contributed by atoms with van der Waals surface area (Å²) in [7, 11) is 0. The monoisotopic (exact) mass is 494 g/mol. The molecule has 0 saturated heterocycles. The molecule has 3 heterocycles. The van der Waals surface area contributed by atoms with Crippen molar-refractivity contribution in [1.82, 2.24) is 30.5 Å². The fraction of sp³-hybridized carbons (Fsp3) is 0.769. The lowest BCUT2D eigenvalue weighted by molar-refractivity contribution is 0.359. The maximum Gasteiger partial charge on any atom is 0.229 e. The van der Waals surface area contributed by atoms with Crippen molar-refractivity contribution in [3.8, 4) is 0 Å². The van der Waals surface area contributed by atoms with Crippen LogP contribution in [0.1, 0.15) is 169 Å².